The summed E-state index contributed by atoms with van der Waals surface area (Å²) in [6.07, 6.45) is 0. The van der Waals surface area contributed by atoms with Gasteiger partial charge in [0.05, 0.1) is 0 Å². The van der Waals surface area contributed by atoms with E-state index in [4.69, 9.17) is 11.5 Å². The van der Waals surface area contributed by atoms with Gasteiger partial charge < -0.3 is 11.5 Å². The molecule has 1 aromatic carbocycles. The van der Waals surface area contributed by atoms with E-state index in [0.717, 1.165) is 17.8 Å². The third-order valence-electron chi connectivity index (χ3n) is 2.13. The first-order valence-corrected chi connectivity index (χ1v) is 6.00. The largest absolute Gasteiger partial charge is 0.383 e. The van der Waals surface area contributed by atoms with Gasteiger partial charge in [0.25, 0.3) is 0 Å². The van der Waals surface area contributed by atoms with Crippen molar-refractivity contribution < 1.29 is 8.78 Å². The Hall–Kier alpha value is -1.89. The van der Waals surface area contributed by atoms with Gasteiger partial charge in [-0.3, -0.25) is 0 Å². The molecule has 18 heavy (non-hydrogen) atoms. The first kappa shape index (κ1) is 12.6. The predicted molar refractivity (Wildman–Crippen MR) is 66.8 cm³/mol. The minimum Gasteiger partial charge on any atom is -0.383 e. The topological polar surface area (TPSA) is 77.8 Å². The summed E-state index contributed by atoms with van der Waals surface area (Å²) in [6.45, 7) is 0. The lowest BCUT2D eigenvalue weighted by molar-refractivity contribution is 0.502. The van der Waals surface area contributed by atoms with Crippen molar-refractivity contribution in [1.29, 1.82) is 0 Å². The molecule has 0 bridgehead atoms. The van der Waals surface area contributed by atoms with Crippen LogP contribution in [0.1, 0.15) is 5.56 Å². The number of halogens is 2. The molecule has 0 aliphatic rings. The van der Waals surface area contributed by atoms with Gasteiger partial charge in [-0.25, -0.2) is 18.7 Å². The van der Waals surface area contributed by atoms with E-state index < -0.39 is 11.6 Å². The first-order chi connectivity index (χ1) is 8.56. The van der Waals surface area contributed by atoms with Gasteiger partial charge in [-0.15, -0.1) is 0 Å². The first-order valence-electron chi connectivity index (χ1n) is 5.02. The van der Waals surface area contributed by atoms with Crippen molar-refractivity contribution in [2.24, 2.45) is 0 Å². The molecule has 0 spiro atoms. The molecule has 0 fully saturated rings. The number of nitrogen functional groups attached to an aromatic ring is 2. The number of aromatic nitrogens is 2. The Morgan fingerprint density at radius 1 is 1.11 bits per heavy atom. The molecule has 0 amide bonds. The van der Waals surface area contributed by atoms with Crippen LogP contribution in [0.5, 0.6) is 0 Å². The van der Waals surface area contributed by atoms with Crippen molar-refractivity contribution in [1.82, 2.24) is 9.97 Å². The van der Waals surface area contributed by atoms with E-state index in [0.29, 0.717) is 5.16 Å². The zero-order valence-electron chi connectivity index (χ0n) is 9.23. The van der Waals surface area contributed by atoms with Crippen LogP contribution in [-0.4, -0.2) is 9.97 Å². The van der Waals surface area contributed by atoms with Crippen LogP contribution >= 0.6 is 11.8 Å². The highest BCUT2D eigenvalue weighted by Crippen LogP contribution is 2.23. The summed E-state index contributed by atoms with van der Waals surface area (Å²) in [4.78, 5) is 7.87. The Balaban J connectivity index is 2.14. The Bertz CT molecular complexity index is 557. The van der Waals surface area contributed by atoms with Crippen LogP contribution in [0.3, 0.4) is 0 Å². The van der Waals surface area contributed by atoms with E-state index in [1.165, 1.54) is 18.2 Å². The fourth-order valence-corrected chi connectivity index (χ4v) is 2.18. The van der Waals surface area contributed by atoms with Gasteiger partial charge in [0, 0.05) is 17.4 Å². The van der Waals surface area contributed by atoms with Crippen LogP contribution in [0.15, 0.2) is 29.4 Å². The van der Waals surface area contributed by atoms with E-state index in [1.54, 1.807) is 0 Å². The van der Waals surface area contributed by atoms with Crippen LogP contribution in [-0.2, 0) is 5.75 Å². The number of hydrogen-bond donors (Lipinski definition) is 2. The molecular weight excluding hydrogens is 258 g/mol. The molecule has 0 aliphatic heterocycles. The third kappa shape index (κ3) is 2.86. The smallest absolute Gasteiger partial charge is 0.191 e. The Morgan fingerprint density at radius 3 is 2.44 bits per heavy atom. The highest BCUT2D eigenvalue weighted by Gasteiger charge is 2.09. The summed E-state index contributed by atoms with van der Waals surface area (Å²) in [6, 6.07) is 5.44. The molecule has 0 radical (unpaired) electrons. The maximum absolute atomic E-state index is 13.4. The van der Waals surface area contributed by atoms with E-state index >= 15 is 0 Å². The maximum Gasteiger partial charge on any atom is 0.191 e. The lowest BCUT2D eigenvalue weighted by Gasteiger charge is -2.04. The molecule has 0 saturated carbocycles. The molecule has 2 rings (SSSR count). The second kappa shape index (κ2) is 5.18. The van der Waals surface area contributed by atoms with Gasteiger partial charge in [-0.1, -0.05) is 23.9 Å². The number of nitrogens with two attached hydrogens (primary N) is 2. The molecule has 1 aromatic heterocycles. The molecule has 94 valence electrons. The van der Waals surface area contributed by atoms with Crippen molar-refractivity contribution in [3.05, 3.63) is 41.5 Å². The minimum absolute atomic E-state index is 0.201. The molecule has 1 heterocycles. The Morgan fingerprint density at radius 2 is 1.78 bits per heavy atom. The van der Waals surface area contributed by atoms with E-state index in [9.17, 15) is 8.78 Å². The quantitative estimate of drug-likeness (QED) is 0.659. The molecule has 2 aromatic rings. The second-order valence-corrected chi connectivity index (χ2v) is 4.44. The zero-order valence-corrected chi connectivity index (χ0v) is 10.0. The SMILES string of the molecule is Nc1cc(N)nc(SCc2cccc(F)c2F)n1. The van der Waals surface area contributed by atoms with E-state index in [1.807, 2.05) is 0 Å². The molecule has 4 N–H and O–H groups in total. The summed E-state index contributed by atoms with van der Waals surface area (Å²) in [7, 11) is 0. The highest BCUT2D eigenvalue weighted by molar-refractivity contribution is 7.98. The number of rotatable bonds is 3. The molecule has 0 saturated heterocycles. The molecule has 0 unspecified atom stereocenters. The molecule has 4 nitrogen and oxygen atoms in total. The van der Waals surface area contributed by atoms with Gasteiger partial charge >= 0.3 is 0 Å². The Kier molecular flexibility index (Phi) is 3.61. The van der Waals surface area contributed by atoms with Gasteiger partial charge in [0.15, 0.2) is 16.8 Å². The van der Waals surface area contributed by atoms with Crippen LogP contribution in [0.2, 0.25) is 0 Å². The van der Waals surface area contributed by atoms with Crippen molar-refractivity contribution in [2.45, 2.75) is 10.9 Å². The lowest BCUT2D eigenvalue weighted by Crippen LogP contribution is -2.00. The predicted octanol–water partition coefficient (Wildman–Crippen LogP) is 2.21. The average molecular weight is 268 g/mol. The van der Waals surface area contributed by atoms with E-state index in [2.05, 4.69) is 9.97 Å². The monoisotopic (exact) mass is 268 g/mol. The highest BCUT2D eigenvalue weighted by atomic mass is 32.2. The summed E-state index contributed by atoms with van der Waals surface area (Å²) in [5.41, 5.74) is 11.2. The van der Waals surface area contributed by atoms with E-state index in [-0.39, 0.29) is 23.0 Å². The van der Waals surface area contributed by atoms with Crippen molar-refractivity contribution >= 4 is 23.4 Å². The fourth-order valence-electron chi connectivity index (χ4n) is 1.33. The summed E-state index contributed by atoms with van der Waals surface area (Å²) < 4.78 is 26.4. The van der Waals surface area contributed by atoms with Crippen LogP contribution in [0.4, 0.5) is 20.4 Å². The average Bonchev–Trinajstić information content (AvgIpc) is 2.30. The van der Waals surface area contributed by atoms with Gasteiger partial charge in [-0.2, -0.15) is 0 Å². The van der Waals surface area contributed by atoms with Gasteiger partial charge in [-0.05, 0) is 6.07 Å². The Labute approximate surface area is 106 Å². The third-order valence-corrected chi connectivity index (χ3v) is 3.03. The normalized spacial score (nSPS) is 10.6. The zero-order chi connectivity index (χ0) is 13.1. The number of nitrogens with zero attached hydrogens (tertiary/aromatic N) is 2. The molecule has 7 heteroatoms. The summed E-state index contributed by atoms with van der Waals surface area (Å²) in [5.74, 6) is -1.05. The number of benzene rings is 1. The van der Waals surface area contributed by atoms with Crippen molar-refractivity contribution in [2.75, 3.05) is 11.5 Å². The minimum atomic E-state index is -0.874. The van der Waals surface area contributed by atoms with Gasteiger partial charge in [0.1, 0.15) is 11.6 Å². The summed E-state index contributed by atoms with van der Waals surface area (Å²) in [5, 5.41) is 0.330. The van der Waals surface area contributed by atoms with Crippen LogP contribution in [0.25, 0.3) is 0 Å². The standard InChI is InChI=1S/C11H10F2N4S/c12-7-3-1-2-6(10(7)13)5-18-11-16-8(14)4-9(15)17-11/h1-4H,5H2,(H4,14,15,16,17). The molecule has 0 atom stereocenters. The van der Waals surface area contributed by atoms with Crippen LogP contribution in [0, 0.1) is 11.6 Å². The van der Waals surface area contributed by atoms with Gasteiger partial charge in [0.2, 0.25) is 0 Å². The van der Waals surface area contributed by atoms with Crippen molar-refractivity contribution in [3.8, 4) is 0 Å². The number of anilines is 2. The summed E-state index contributed by atoms with van der Waals surface area (Å²) >= 11 is 1.14. The number of thioether (sulfide) groups is 1. The van der Waals surface area contributed by atoms with Crippen LogP contribution < -0.4 is 11.5 Å². The molecule has 0 aliphatic carbocycles. The fraction of sp³-hybridized carbons (Fsp3) is 0.0909. The lowest BCUT2D eigenvalue weighted by atomic mass is 10.2. The maximum atomic E-state index is 13.4. The number of hydrogen-bond acceptors (Lipinski definition) is 5. The molecular formula is C11H10F2N4S. The second-order valence-electron chi connectivity index (χ2n) is 3.50. The van der Waals surface area contributed by atoms with Crippen molar-refractivity contribution in [3.63, 3.8) is 0 Å².